The molecule has 1 aliphatic heterocycles. The number of nitrogens with one attached hydrogen (secondary N) is 2. The van der Waals surface area contributed by atoms with Gasteiger partial charge in [0.25, 0.3) is 5.91 Å². The SMILES string of the molecule is O=C1CN(C(=O)Cc2c(F)cccc2Cl)CCCCNC(=O)c2cc(Cl)ccc2OC[C@@H](Cc2ccccc2)N1. The van der Waals surface area contributed by atoms with E-state index in [4.69, 9.17) is 27.9 Å². The minimum absolute atomic E-state index is 0.0708. The Bertz CT molecular complexity index is 1340. The lowest BCUT2D eigenvalue weighted by molar-refractivity contribution is -0.136. The van der Waals surface area contributed by atoms with Crippen LogP contribution in [0.4, 0.5) is 4.39 Å². The van der Waals surface area contributed by atoms with E-state index in [1.165, 1.54) is 23.1 Å². The van der Waals surface area contributed by atoms with Crippen LogP contribution in [0.5, 0.6) is 5.75 Å². The van der Waals surface area contributed by atoms with E-state index in [2.05, 4.69) is 10.6 Å². The first-order valence-electron chi connectivity index (χ1n) is 13.0. The summed E-state index contributed by atoms with van der Waals surface area (Å²) in [7, 11) is 0. The molecule has 4 rings (SSSR count). The smallest absolute Gasteiger partial charge is 0.255 e. The summed E-state index contributed by atoms with van der Waals surface area (Å²) in [5, 5.41) is 6.39. The Labute approximate surface area is 242 Å². The normalized spacial score (nSPS) is 17.0. The molecule has 1 heterocycles. The van der Waals surface area contributed by atoms with E-state index in [1.807, 2.05) is 30.3 Å². The van der Waals surface area contributed by atoms with Crippen LogP contribution in [0.1, 0.15) is 34.3 Å². The molecule has 0 unspecified atom stereocenters. The number of carbonyl (C=O) groups is 3. The highest BCUT2D eigenvalue weighted by atomic mass is 35.5. The molecule has 3 aromatic carbocycles. The van der Waals surface area contributed by atoms with Gasteiger partial charge in [-0.15, -0.1) is 0 Å². The number of nitrogens with zero attached hydrogens (tertiary/aromatic N) is 1. The Morgan fingerprint density at radius 3 is 2.60 bits per heavy atom. The minimum atomic E-state index is -0.578. The van der Waals surface area contributed by atoms with Crippen LogP contribution in [0.15, 0.2) is 66.7 Å². The molecule has 2 N–H and O–H groups in total. The first-order chi connectivity index (χ1) is 19.3. The number of fused-ring (bicyclic) bond motifs is 1. The molecule has 1 atom stereocenters. The number of rotatable bonds is 4. The van der Waals surface area contributed by atoms with Crippen molar-refractivity contribution in [1.82, 2.24) is 15.5 Å². The molecule has 3 amide bonds. The van der Waals surface area contributed by atoms with Gasteiger partial charge < -0.3 is 20.3 Å². The van der Waals surface area contributed by atoms with Crippen LogP contribution >= 0.6 is 23.2 Å². The predicted octanol–water partition coefficient (Wildman–Crippen LogP) is 4.83. The van der Waals surface area contributed by atoms with Gasteiger partial charge in [0.2, 0.25) is 11.8 Å². The van der Waals surface area contributed by atoms with Crippen molar-refractivity contribution >= 4 is 40.9 Å². The van der Waals surface area contributed by atoms with E-state index in [9.17, 15) is 18.8 Å². The van der Waals surface area contributed by atoms with Crippen LogP contribution in [0.3, 0.4) is 0 Å². The number of amides is 3. The minimum Gasteiger partial charge on any atom is -0.491 e. The molecule has 0 saturated heterocycles. The summed E-state index contributed by atoms with van der Waals surface area (Å²) in [5.74, 6) is -1.36. The molecule has 3 aromatic rings. The Morgan fingerprint density at radius 1 is 1.02 bits per heavy atom. The quantitative estimate of drug-likeness (QED) is 0.459. The Balaban J connectivity index is 1.56. The van der Waals surface area contributed by atoms with Gasteiger partial charge in [0, 0.05) is 28.7 Å². The van der Waals surface area contributed by atoms with Gasteiger partial charge in [-0.25, -0.2) is 4.39 Å². The number of carbonyl (C=O) groups excluding carboxylic acids is 3. The van der Waals surface area contributed by atoms with Gasteiger partial charge in [-0.1, -0.05) is 59.6 Å². The van der Waals surface area contributed by atoms with Gasteiger partial charge in [-0.05, 0) is 55.2 Å². The molecule has 1 aliphatic rings. The molecule has 10 heteroatoms. The molecular weight excluding hydrogens is 556 g/mol. The maximum Gasteiger partial charge on any atom is 0.255 e. The van der Waals surface area contributed by atoms with E-state index >= 15 is 0 Å². The van der Waals surface area contributed by atoms with Crippen molar-refractivity contribution in [2.45, 2.75) is 31.7 Å². The molecule has 40 heavy (non-hydrogen) atoms. The lowest BCUT2D eigenvalue weighted by Gasteiger charge is -2.25. The summed E-state index contributed by atoms with van der Waals surface area (Å²) in [6, 6.07) is 18.2. The van der Waals surface area contributed by atoms with Crippen molar-refractivity contribution in [2.75, 3.05) is 26.2 Å². The van der Waals surface area contributed by atoms with Crippen LogP contribution in [-0.4, -0.2) is 54.9 Å². The van der Waals surface area contributed by atoms with Crippen molar-refractivity contribution in [1.29, 1.82) is 0 Å². The number of hydrogen-bond acceptors (Lipinski definition) is 4. The lowest BCUT2D eigenvalue weighted by Crippen LogP contribution is -2.47. The third-order valence-corrected chi connectivity index (χ3v) is 7.12. The molecular formula is C30H30Cl2FN3O4. The second-order valence-corrected chi connectivity index (χ2v) is 10.4. The number of hydrogen-bond donors (Lipinski definition) is 2. The lowest BCUT2D eigenvalue weighted by atomic mass is 10.1. The third kappa shape index (κ3) is 8.19. The summed E-state index contributed by atoms with van der Waals surface area (Å²) in [5.41, 5.74) is 1.36. The van der Waals surface area contributed by atoms with Crippen molar-refractivity contribution in [3.8, 4) is 5.75 Å². The average Bonchev–Trinajstić information content (AvgIpc) is 2.93. The predicted molar refractivity (Wildman–Crippen MR) is 152 cm³/mol. The van der Waals surface area contributed by atoms with E-state index in [0.717, 1.165) is 5.56 Å². The van der Waals surface area contributed by atoms with Crippen molar-refractivity contribution in [2.24, 2.45) is 0 Å². The van der Waals surface area contributed by atoms with Gasteiger partial charge in [0.1, 0.15) is 18.2 Å². The van der Waals surface area contributed by atoms with E-state index in [0.29, 0.717) is 42.1 Å². The number of benzene rings is 3. The summed E-state index contributed by atoms with van der Waals surface area (Å²) in [6.07, 6.45) is 1.24. The summed E-state index contributed by atoms with van der Waals surface area (Å²) in [6.45, 7) is 0.446. The molecule has 0 radical (unpaired) electrons. The molecule has 0 spiro atoms. The molecule has 0 fully saturated rings. The maximum absolute atomic E-state index is 14.4. The summed E-state index contributed by atoms with van der Waals surface area (Å²) in [4.78, 5) is 40.8. The first-order valence-corrected chi connectivity index (χ1v) is 13.8. The highest BCUT2D eigenvalue weighted by Crippen LogP contribution is 2.24. The molecule has 7 nitrogen and oxygen atoms in total. The monoisotopic (exact) mass is 585 g/mol. The average molecular weight is 586 g/mol. The Kier molecular flexibility index (Phi) is 10.4. The Hall–Kier alpha value is -3.62. The molecule has 0 bridgehead atoms. The third-order valence-electron chi connectivity index (χ3n) is 6.53. The van der Waals surface area contributed by atoms with Crippen LogP contribution in [0.25, 0.3) is 0 Å². The highest BCUT2D eigenvalue weighted by Gasteiger charge is 2.23. The topological polar surface area (TPSA) is 87.7 Å². The second-order valence-electron chi connectivity index (χ2n) is 9.56. The van der Waals surface area contributed by atoms with Gasteiger partial charge in [-0.3, -0.25) is 14.4 Å². The fourth-order valence-corrected chi connectivity index (χ4v) is 4.88. The van der Waals surface area contributed by atoms with Crippen LogP contribution in [-0.2, 0) is 22.4 Å². The molecule has 210 valence electrons. The van der Waals surface area contributed by atoms with Gasteiger partial charge >= 0.3 is 0 Å². The summed E-state index contributed by atoms with van der Waals surface area (Å²) >= 11 is 12.3. The van der Waals surface area contributed by atoms with Gasteiger partial charge in [0.05, 0.1) is 24.6 Å². The van der Waals surface area contributed by atoms with Crippen LogP contribution < -0.4 is 15.4 Å². The van der Waals surface area contributed by atoms with Gasteiger partial charge in [-0.2, -0.15) is 0 Å². The number of halogens is 3. The van der Waals surface area contributed by atoms with Crippen molar-refractivity contribution in [3.63, 3.8) is 0 Å². The van der Waals surface area contributed by atoms with Crippen molar-refractivity contribution < 1.29 is 23.5 Å². The fraction of sp³-hybridized carbons (Fsp3) is 0.300. The molecule has 0 aromatic heterocycles. The highest BCUT2D eigenvalue weighted by molar-refractivity contribution is 6.31. The van der Waals surface area contributed by atoms with Crippen molar-refractivity contribution in [3.05, 3.63) is 99.3 Å². The maximum atomic E-state index is 14.4. The fourth-order valence-electron chi connectivity index (χ4n) is 4.47. The zero-order chi connectivity index (χ0) is 28.5. The summed E-state index contributed by atoms with van der Waals surface area (Å²) < 4.78 is 20.4. The zero-order valence-electron chi connectivity index (χ0n) is 21.8. The Morgan fingerprint density at radius 2 is 1.82 bits per heavy atom. The first kappa shape index (κ1) is 29.4. The van der Waals surface area contributed by atoms with Gasteiger partial charge in [0.15, 0.2) is 0 Å². The van der Waals surface area contributed by atoms with Crippen LogP contribution in [0, 0.1) is 5.82 Å². The largest absolute Gasteiger partial charge is 0.491 e. The van der Waals surface area contributed by atoms with E-state index in [1.54, 1.807) is 18.2 Å². The second kappa shape index (κ2) is 14.1. The molecule has 0 saturated carbocycles. The van der Waals surface area contributed by atoms with E-state index < -0.39 is 17.8 Å². The van der Waals surface area contributed by atoms with E-state index in [-0.39, 0.29) is 48.5 Å². The zero-order valence-corrected chi connectivity index (χ0v) is 23.3. The van der Waals surface area contributed by atoms with Crippen LogP contribution in [0.2, 0.25) is 10.0 Å². The number of ether oxygens (including phenoxy) is 1. The molecule has 0 aliphatic carbocycles. The standard InChI is InChI=1S/C30H30Cl2FN3O4/c31-21-11-12-27-24(16-21)30(39)34-13-4-5-14-36(29(38)17-23-25(32)9-6-10-26(23)33)18-28(37)35-22(19-40-27)15-20-7-2-1-3-8-20/h1-3,6-12,16,22H,4-5,13-15,17-19H2,(H,34,39)(H,35,37)/t22-/m1/s1.